The van der Waals surface area contributed by atoms with Gasteiger partial charge in [0.05, 0.1) is 5.56 Å². The molecule has 1 aromatic heterocycles. The molecule has 5 N–H and O–H groups in total. The van der Waals surface area contributed by atoms with Gasteiger partial charge in [0.2, 0.25) is 0 Å². The van der Waals surface area contributed by atoms with E-state index in [1.165, 1.54) is 6.92 Å². The summed E-state index contributed by atoms with van der Waals surface area (Å²) in [6, 6.07) is 1.92. The van der Waals surface area contributed by atoms with Crippen LogP contribution in [0.1, 0.15) is 26.3 Å². The van der Waals surface area contributed by atoms with Crippen molar-refractivity contribution in [3.63, 3.8) is 0 Å². The Labute approximate surface area is 127 Å². The first-order valence-electron chi connectivity index (χ1n) is 6.14. The zero-order chi connectivity index (χ0) is 17.5. The molecule has 0 unspecified atom stereocenters. The van der Waals surface area contributed by atoms with Crippen LogP contribution in [0, 0.1) is 18.6 Å². The van der Waals surface area contributed by atoms with E-state index in [0.717, 1.165) is 12.1 Å². The van der Waals surface area contributed by atoms with Gasteiger partial charge in [-0.2, -0.15) is 0 Å². The zero-order valence-electron chi connectivity index (χ0n) is 11.6. The van der Waals surface area contributed by atoms with Crippen molar-refractivity contribution in [3.8, 4) is 11.1 Å². The number of carbonyl (C=O) groups is 2. The number of hydrogen-bond donors (Lipinski definition) is 4. The number of carboxylic acids is 2. The molecule has 0 spiro atoms. The maximum Gasteiger partial charge on any atom is 0.342 e. The van der Waals surface area contributed by atoms with Crippen LogP contribution in [0.3, 0.4) is 0 Å². The van der Waals surface area contributed by atoms with Gasteiger partial charge in [-0.15, -0.1) is 0 Å². The van der Waals surface area contributed by atoms with Crippen LogP contribution in [-0.4, -0.2) is 27.1 Å². The van der Waals surface area contributed by atoms with Gasteiger partial charge < -0.3 is 20.9 Å². The van der Waals surface area contributed by atoms with Gasteiger partial charge in [0.1, 0.15) is 28.6 Å². The number of pyridine rings is 1. The van der Waals surface area contributed by atoms with Gasteiger partial charge in [0.15, 0.2) is 0 Å². The maximum atomic E-state index is 14.3. The molecule has 1 heterocycles. The third-order valence-electron chi connectivity index (χ3n) is 3.21. The van der Waals surface area contributed by atoms with Crippen molar-refractivity contribution in [1.29, 1.82) is 0 Å². The fourth-order valence-electron chi connectivity index (χ4n) is 2.18. The molecule has 0 aliphatic heterocycles. The van der Waals surface area contributed by atoms with E-state index < -0.39 is 57.2 Å². The van der Waals surface area contributed by atoms with Gasteiger partial charge in [-0.25, -0.2) is 18.4 Å². The molecular weight excluding hydrogens is 314 g/mol. The number of aryl methyl sites for hydroxylation is 1. The largest absolute Gasteiger partial charge is 0.478 e. The third-order valence-corrected chi connectivity index (χ3v) is 3.21. The summed E-state index contributed by atoms with van der Waals surface area (Å²) in [4.78, 5) is 36.3. The molecule has 0 aliphatic rings. The van der Waals surface area contributed by atoms with E-state index in [2.05, 4.69) is 0 Å². The summed E-state index contributed by atoms with van der Waals surface area (Å²) in [7, 11) is 0. The van der Waals surface area contributed by atoms with Gasteiger partial charge >= 0.3 is 11.9 Å². The molecule has 1 aromatic carbocycles. The first-order valence-corrected chi connectivity index (χ1v) is 6.14. The highest BCUT2D eigenvalue weighted by Crippen LogP contribution is 2.34. The van der Waals surface area contributed by atoms with Crippen LogP contribution in [0.15, 0.2) is 16.9 Å². The lowest BCUT2D eigenvalue weighted by Gasteiger charge is -2.14. The topological polar surface area (TPSA) is 133 Å². The maximum absolute atomic E-state index is 14.3. The van der Waals surface area contributed by atoms with Gasteiger partial charge in [-0.3, -0.25) is 4.79 Å². The Morgan fingerprint density at radius 2 is 1.65 bits per heavy atom. The van der Waals surface area contributed by atoms with Crippen molar-refractivity contribution >= 4 is 17.8 Å². The second kappa shape index (κ2) is 5.52. The Bertz CT molecular complexity index is 905. The number of nitrogen functional groups attached to an aromatic ring is 1. The molecule has 0 atom stereocenters. The Hall–Kier alpha value is -3.23. The van der Waals surface area contributed by atoms with Crippen molar-refractivity contribution in [2.24, 2.45) is 0 Å². The lowest BCUT2D eigenvalue weighted by Crippen LogP contribution is -2.24. The van der Waals surface area contributed by atoms with Crippen LogP contribution in [-0.2, 0) is 0 Å². The molecule has 0 saturated carbocycles. The lowest BCUT2D eigenvalue weighted by molar-refractivity contribution is 0.0695. The minimum absolute atomic E-state index is 0.0621. The molecular formula is C14H10F2N2O5. The molecule has 23 heavy (non-hydrogen) atoms. The molecule has 0 aliphatic carbocycles. The summed E-state index contributed by atoms with van der Waals surface area (Å²) in [6.07, 6.45) is 0. The molecule has 0 fully saturated rings. The molecule has 120 valence electrons. The van der Waals surface area contributed by atoms with E-state index in [-0.39, 0.29) is 5.56 Å². The number of anilines is 1. The van der Waals surface area contributed by atoms with E-state index in [1.54, 1.807) is 0 Å². The summed E-state index contributed by atoms with van der Waals surface area (Å²) < 4.78 is 28.4. The summed E-state index contributed by atoms with van der Waals surface area (Å²) in [5.41, 5.74) is 0.209. The average Bonchev–Trinajstić information content (AvgIpc) is 2.42. The zero-order valence-corrected chi connectivity index (χ0v) is 11.6. The number of aromatic nitrogens is 1. The highest BCUT2D eigenvalue weighted by molar-refractivity contribution is 6.07. The van der Waals surface area contributed by atoms with Gasteiger partial charge in [-0.05, 0) is 18.6 Å². The van der Waals surface area contributed by atoms with Crippen LogP contribution in [0.5, 0.6) is 0 Å². The van der Waals surface area contributed by atoms with Crippen molar-refractivity contribution in [1.82, 2.24) is 4.98 Å². The fourth-order valence-corrected chi connectivity index (χ4v) is 2.18. The quantitative estimate of drug-likeness (QED) is 0.678. The van der Waals surface area contributed by atoms with Crippen LogP contribution in [0.2, 0.25) is 0 Å². The lowest BCUT2D eigenvalue weighted by atomic mass is 9.93. The summed E-state index contributed by atoms with van der Waals surface area (Å²) >= 11 is 0. The normalized spacial score (nSPS) is 10.6. The van der Waals surface area contributed by atoms with Crippen LogP contribution in [0.4, 0.5) is 14.6 Å². The van der Waals surface area contributed by atoms with Crippen molar-refractivity contribution in [2.75, 3.05) is 5.73 Å². The number of aromatic amines is 1. The Morgan fingerprint density at radius 3 is 2.17 bits per heavy atom. The second-order valence-corrected chi connectivity index (χ2v) is 4.66. The smallest absolute Gasteiger partial charge is 0.342 e. The molecule has 7 nitrogen and oxygen atoms in total. The van der Waals surface area contributed by atoms with Crippen LogP contribution < -0.4 is 11.3 Å². The van der Waals surface area contributed by atoms with Crippen molar-refractivity contribution < 1.29 is 28.6 Å². The number of carboxylic acid groups (broad SMARTS) is 2. The number of halogens is 2. The molecule has 2 aromatic rings. The number of nitrogens with one attached hydrogen (secondary N) is 1. The number of rotatable bonds is 3. The Kier molecular flexibility index (Phi) is 3.87. The highest BCUT2D eigenvalue weighted by atomic mass is 19.1. The second-order valence-electron chi connectivity index (χ2n) is 4.66. The van der Waals surface area contributed by atoms with E-state index in [0.29, 0.717) is 0 Å². The number of hydrogen-bond acceptors (Lipinski definition) is 4. The van der Waals surface area contributed by atoms with E-state index >= 15 is 0 Å². The molecule has 2 rings (SSSR count). The van der Waals surface area contributed by atoms with Gasteiger partial charge in [0, 0.05) is 5.56 Å². The number of aromatic carboxylic acids is 2. The van der Waals surface area contributed by atoms with E-state index in [1.807, 2.05) is 4.98 Å². The monoisotopic (exact) mass is 324 g/mol. The standard InChI is InChI=1S/C14H10F2N2O5/c1-4-2-3-5(15)6(10(4)16)7-8(13(20)21)11(17)18-12(19)9(7)14(22)23/h2-3H,1H3,(H,20,21)(H,22,23)(H3,17,18,19). The highest BCUT2D eigenvalue weighted by Gasteiger charge is 2.30. The van der Waals surface area contributed by atoms with E-state index in [9.17, 15) is 28.3 Å². The van der Waals surface area contributed by atoms with Crippen molar-refractivity contribution in [3.05, 3.63) is 50.8 Å². The number of nitrogens with two attached hydrogens (primary N) is 1. The van der Waals surface area contributed by atoms with Crippen LogP contribution >= 0.6 is 0 Å². The fraction of sp³-hybridized carbons (Fsp3) is 0.0714. The minimum Gasteiger partial charge on any atom is -0.478 e. The first-order chi connectivity index (χ1) is 10.7. The molecule has 0 bridgehead atoms. The predicted molar refractivity (Wildman–Crippen MR) is 75.5 cm³/mol. The Balaban J connectivity index is 3.14. The first kappa shape index (κ1) is 16.1. The average molecular weight is 324 g/mol. The summed E-state index contributed by atoms with van der Waals surface area (Å²) in [6.45, 7) is 1.27. The minimum atomic E-state index is -1.84. The Morgan fingerprint density at radius 1 is 1.09 bits per heavy atom. The number of H-pyrrole nitrogens is 1. The molecule has 0 saturated heterocycles. The molecule has 0 radical (unpaired) electrons. The summed E-state index contributed by atoms with van der Waals surface area (Å²) in [5.74, 6) is -6.69. The van der Waals surface area contributed by atoms with Gasteiger partial charge in [0.25, 0.3) is 5.56 Å². The predicted octanol–water partition coefficient (Wildman–Crippen LogP) is 1.61. The van der Waals surface area contributed by atoms with Crippen LogP contribution in [0.25, 0.3) is 11.1 Å². The van der Waals surface area contributed by atoms with Gasteiger partial charge in [-0.1, -0.05) is 6.07 Å². The molecule has 0 amide bonds. The SMILES string of the molecule is Cc1ccc(F)c(-c2c(C(=O)O)c(N)[nH]c(=O)c2C(=O)O)c1F. The third kappa shape index (κ3) is 2.52. The summed E-state index contributed by atoms with van der Waals surface area (Å²) in [5, 5.41) is 18.4. The van der Waals surface area contributed by atoms with Crippen molar-refractivity contribution in [2.45, 2.75) is 6.92 Å². The van der Waals surface area contributed by atoms with E-state index in [4.69, 9.17) is 10.8 Å². The number of benzene rings is 1. The molecule has 9 heteroatoms.